The molecule has 2 amide bonds. The fourth-order valence-electron chi connectivity index (χ4n) is 2.28. The van der Waals surface area contributed by atoms with Crippen LogP contribution < -0.4 is 10.6 Å². The number of aromatic nitrogens is 1. The van der Waals surface area contributed by atoms with Gasteiger partial charge in [0.2, 0.25) is 0 Å². The van der Waals surface area contributed by atoms with Crippen molar-refractivity contribution in [2.45, 2.75) is 20.3 Å². The SMILES string of the molecule is CCCNC(=O)c1cccnc1-c1ccccc1C(=O)NCC. The van der Waals surface area contributed by atoms with E-state index in [1.165, 1.54) is 0 Å². The maximum atomic E-state index is 12.4. The first-order valence-corrected chi connectivity index (χ1v) is 7.79. The average Bonchev–Trinajstić information content (AvgIpc) is 2.60. The Bertz CT molecular complexity index is 698. The summed E-state index contributed by atoms with van der Waals surface area (Å²) in [4.78, 5) is 28.9. The first-order chi connectivity index (χ1) is 11.2. The van der Waals surface area contributed by atoms with Gasteiger partial charge in [-0.2, -0.15) is 0 Å². The van der Waals surface area contributed by atoms with Crippen molar-refractivity contribution in [1.82, 2.24) is 15.6 Å². The van der Waals surface area contributed by atoms with Crippen molar-refractivity contribution in [2.75, 3.05) is 13.1 Å². The molecule has 0 saturated heterocycles. The van der Waals surface area contributed by atoms with Crippen LogP contribution in [0.4, 0.5) is 0 Å². The Balaban J connectivity index is 2.47. The Morgan fingerprint density at radius 1 is 0.957 bits per heavy atom. The maximum absolute atomic E-state index is 12.4. The molecule has 2 rings (SSSR count). The number of pyridine rings is 1. The molecule has 2 aromatic rings. The zero-order chi connectivity index (χ0) is 16.7. The van der Waals surface area contributed by atoms with Crippen molar-refractivity contribution in [3.63, 3.8) is 0 Å². The van der Waals surface area contributed by atoms with Crippen LogP contribution in [0.2, 0.25) is 0 Å². The van der Waals surface area contributed by atoms with E-state index in [0.29, 0.717) is 35.5 Å². The predicted molar refractivity (Wildman–Crippen MR) is 90.3 cm³/mol. The smallest absolute Gasteiger partial charge is 0.253 e. The zero-order valence-electron chi connectivity index (χ0n) is 13.4. The number of hydrogen-bond donors (Lipinski definition) is 2. The lowest BCUT2D eigenvalue weighted by molar-refractivity contribution is 0.0945. The Hall–Kier alpha value is -2.69. The molecule has 0 spiro atoms. The number of hydrogen-bond acceptors (Lipinski definition) is 3. The van der Waals surface area contributed by atoms with Gasteiger partial charge < -0.3 is 10.6 Å². The first-order valence-electron chi connectivity index (χ1n) is 7.79. The summed E-state index contributed by atoms with van der Waals surface area (Å²) < 4.78 is 0. The highest BCUT2D eigenvalue weighted by atomic mass is 16.2. The summed E-state index contributed by atoms with van der Waals surface area (Å²) in [5.74, 6) is -0.352. The van der Waals surface area contributed by atoms with E-state index in [4.69, 9.17) is 0 Å². The second-order valence-electron chi connectivity index (χ2n) is 5.06. The molecule has 0 aliphatic rings. The van der Waals surface area contributed by atoms with Crippen molar-refractivity contribution < 1.29 is 9.59 Å². The highest BCUT2D eigenvalue weighted by Crippen LogP contribution is 2.25. The number of amides is 2. The molecule has 0 aliphatic carbocycles. The van der Waals surface area contributed by atoms with Crippen LogP contribution in [0, 0.1) is 0 Å². The fourth-order valence-corrected chi connectivity index (χ4v) is 2.28. The van der Waals surface area contributed by atoms with E-state index in [1.807, 2.05) is 26.0 Å². The number of rotatable bonds is 6. The standard InChI is InChI=1S/C18H21N3O2/c1-3-11-21-18(23)15-10-7-12-20-16(15)13-8-5-6-9-14(13)17(22)19-4-2/h5-10,12H,3-4,11H2,1-2H3,(H,19,22)(H,21,23). The second kappa shape index (κ2) is 8.08. The van der Waals surface area contributed by atoms with Crippen molar-refractivity contribution in [2.24, 2.45) is 0 Å². The van der Waals surface area contributed by atoms with Crippen LogP contribution in [0.1, 0.15) is 41.0 Å². The largest absolute Gasteiger partial charge is 0.352 e. The summed E-state index contributed by atoms with van der Waals surface area (Å²) in [5, 5.41) is 5.64. The predicted octanol–water partition coefficient (Wildman–Crippen LogP) is 2.64. The van der Waals surface area contributed by atoms with E-state index in [-0.39, 0.29) is 11.8 Å². The molecule has 0 radical (unpaired) electrons. The van der Waals surface area contributed by atoms with Gasteiger partial charge in [0.15, 0.2) is 0 Å². The molecule has 2 N–H and O–H groups in total. The first kappa shape index (κ1) is 16.7. The van der Waals surface area contributed by atoms with Crippen molar-refractivity contribution in [1.29, 1.82) is 0 Å². The van der Waals surface area contributed by atoms with E-state index in [0.717, 1.165) is 6.42 Å². The number of nitrogens with zero attached hydrogens (tertiary/aromatic N) is 1. The molecule has 0 fully saturated rings. The molecule has 5 heteroatoms. The van der Waals surface area contributed by atoms with E-state index >= 15 is 0 Å². The minimum atomic E-state index is -0.180. The monoisotopic (exact) mass is 311 g/mol. The van der Waals surface area contributed by atoms with Crippen LogP contribution >= 0.6 is 0 Å². The lowest BCUT2D eigenvalue weighted by atomic mass is 9.99. The summed E-state index contributed by atoms with van der Waals surface area (Å²) in [6.07, 6.45) is 2.48. The molecule has 23 heavy (non-hydrogen) atoms. The number of carbonyl (C=O) groups excluding carboxylic acids is 2. The van der Waals surface area contributed by atoms with Gasteiger partial charge in [-0.05, 0) is 31.5 Å². The highest BCUT2D eigenvalue weighted by Gasteiger charge is 2.18. The second-order valence-corrected chi connectivity index (χ2v) is 5.06. The molecule has 0 aliphatic heterocycles. The van der Waals surface area contributed by atoms with Crippen molar-refractivity contribution in [3.8, 4) is 11.3 Å². The summed E-state index contributed by atoms with van der Waals surface area (Å²) in [7, 11) is 0. The zero-order valence-corrected chi connectivity index (χ0v) is 13.4. The average molecular weight is 311 g/mol. The minimum Gasteiger partial charge on any atom is -0.352 e. The minimum absolute atomic E-state index is 0.173. The van der Waals surface area contributed by atoms with Gasteiger partial charge in [-0.25, -0.2) is 0 Å². The topological polar surface area (TPSA) is 71.1 Å². The van der Waals surface area contributed by atoms with Gasteiger partial charge in [-0.3, -0.25) is 14.6 Å². The van der Waals surface area contributed by atoms with Gasteiger partial charge in [0, 0.05) is 30.4 Å². The van der Waals surface area contributed by atoms with Gasteiger partial charge in [-0.1, -0.05) is 25.1 Å². The fraction of sp³-hybridized carbons (Fsp3) is 0.278. The Morgan fingerprint density at radius 3 is 2.39 bits per heavy atom. The van der Waals surface area contributed by atoms with E-state index in [1.54, 1.807) is 30.5 Å². The summed E-state index contributed by atoms with van der Waals surface area (Å²) in [5.41, 5.74) is 2.15. The van der Waals surface area contributed by atoms with Crippen molar-refractivity contribution >= 4 is 11.8 Å². The molecule has 1 aromatic carbocycles. The third-order valence-corrected chi connectivity index (χ3v) is 3.35. The number of carbonyl (C=O) groups is 2. The molecule has 0 bridgehead atoms. The third kappa shape index (κ3) is 3.94. The molecule has 0 unspecified atom stereocenters. The molecule has 0 atom stereocenters. The maximum Gasteiger partial charge on any atom is 0.253 e. The van der Waals surface area contributed by atoms with Crippen molar-refractivity contribution in [3.05, 3.63) is 53.7 Å². The molecule has 0 saturated carbocycles. The van der Waals surface area contributed by atoms with Crippen LogP contribution in [-0.2, 0) is 0 Å². The Labute approximate surface area is 136 Å². The van der Waals surface area contributed by atoms with E-state index < -0.39 is 0 Å². The van der Waals surface area contributed by atoms with Gasteiger partial charge in [0.05, 0.1) is 11.3 Å². The molecule has 1 aromatic heterocycles. The van der Waals surface area contributed by atoms with E-state index in [9.17, 15) is 9.59 Å². The molecule has 1 heterocycles. The summed E-state index contributed by atoms with van der Waals surface area (Å²) >= 11 is 0. The summed E-state index contributed by atoms with van der Waals surface area (Å²) in [6.45, 7) is 5.00. The third-order valence-electron chi connectivity index (χ3n) is 3.35. The van der Waals surface area contributed by atoms with Gasteiger partial charge in [0.1, 0.15) is 0 Å². The van der Waals surface area contributed by atoms with Gasteiger partial charge >= 0.3 is 0 Å². The van der Waals surface area contributed by atoms with Crippen LogP contribution in [0.15, 0.2) is 42.6 Å². The molecular weight excluding hydrogens is 290 g/mol. The normalized spacial score (nSPS) is 10.2. The summed E-state index contributed by atoms with van der Waals surface area (Å²) in [6, 6.07) is 10.6. The lowest BCUT2D eigenvalue weighted by Crippen LogP contribution is -2.26. The number of benzene rings is 1. The molecule has 120 valence electrons. The quantitative estimate of drug-likeness (QED) is 0.861. The molecule has 5 nitrogen and oxygen atoms in total. The highest BCUT2D eigenvalue weighted by molar-refractivity contribution is 6.05. The van der Waals surface area contributed by atoms with E-state index in [2.05, 4.69) is 15.6 Å². The number of nitrogens with one attached hydrogen (secondary N) is 2. The van der Waals surface area contributed by atoms with Crippen LogP contribution in [0.5, 0.6) is 0 Å². The van der Waals surface area contributed by atoms with Crippen LogP contribution in [-0.4, -0.2) is 29.9 Å². The van der Waals surface area contributed by atoms with Crippen LogP contribution in [0.25, 0.3) is 11.3 Å². The Morgan fingerprint density at radius 2 is 1.65 bits per heavy atom. The molecular formula is C18H21N3O2. The van der Waals surface area contributed by atoms with Crippen LogP contribution in [0.3, 0.4) is 0 Å². The Kier molecular flexibility index (Phi) is 5.86. The van der Waals surface area contributed by atoms with Gasteiger partial charge in [0.25, 0.3) is 11.8 Å². The van der Waals surface area contributed by atoms with Gasteiger partial charge in [-0.15, -0.1) is 0 Å². The lowest BCUT2D eigenvalue weighted by Gasteiger charge is -2.12.